The van der Waals surface area contributed by atoms with Gasteiger partial charge in [0.25, 0.3) is 0 Å². The quantitative estimate of drug-likeness (QED) is 0.444. The van der Waals surface area contributed by atoms with E-state index in [4.69, 9.17) is 5.73 Å². The summed E-state index contributed by atoms with van der Waals surface area (Å²) in [5.41, 5.74) is 7.23. The van der Waals surface area contributed by atoms with Crippen LogP contribution in [0.3, 0.4) is 0 Å². The molecule has 132 valence electrons. The molecule has 1 atom stereocenters. The van der Waals surface area contributed by atoms with Crippen molar-refractivity contribution in [3.8, 4) is 0 Å². The van der Waals surface area contributed by atoms with Gasteiger partial charge in [-0.15, -0.1) is 0 Å². The zero-order chi connectivity index (χ0) is 17.1. The van der Waals surface area contributed by atoms with E-state index in [0.717, 1.165) is 30.4 Å². The Bertz CT molecular complexity index is 415. The SMILES string of the molecule is CCCCCCC(O)Cc1ccc(CCC(N)(CO)CO)cc1. The van der Waals surface area contributed by atoms with Crippen molar-refractivity contribution >= 4 is 0 Å². The van der Waals surface area contributed by atoms with Crippen LogP contribution in [0.4, 0.5) is 0 Å². The van der Waals surface area contributed by atoms with Crippen molar-refractivity contribution in [1.29, 1.82) is 0 Å². The van der Waals surface area contributed by atoms with Crippen molar-refractivity contribution in [2.75, 3.05) is 13.2 Å². The fraction of sp³-hybridized carbons (Fsp3) is 0.684. The molecule has 0 aliphatic rings. The summed E-state index contributed by atoms with van der Waals surface area (Å²) in [4.78, 5) is 0. The van der Waals surface area contributed by atoms with Gasteiger partial charge in [0.05, 0.1) is 24.9 Å². The van der Waals surface area contributed by atoms with Crippen molar-refractivity contribution in [2.24, 2.45) is 5.73 Å². The highest BCUT2D eigenvalue weighted by Gasteiger charge is 2.22. The lowest BCUT2D eigenvalue weighted by atomic mass is 9.93. The Morgan fingerprint density at radius 2 is 1.61 bits per heavy atom. The minimum absolute atomic E-state index is 0.216. The number of hydrogen-bond acceptors (Lipinski definition) is 4. The molecule has 0 fully saturated rings. The second-order valence-electron chi connectivity index (χ2n) is 6.70. The molecule has 1 aromatic rings. The topological polar surface area (TPSA) is 86.7 Å². The van der Waals surface area contributed by atoms with Gasteiger partial charge in [0, 0.05) is 0 Å². The molecule has 0 radical (unpaired) electrons. The highest BCUT2D eigenvalue weighted by atomic mass is 16.3. The number of rotatable bonds is 12. The number of nitrogens with two attached hydrogens (primary N) is 1. The maximum Gasteiger partial charge on any atom is 0.0633 e. The maximum absolute atomic E-state index is 10.1. The summed E-state index contributed by atoms with van der Waals surface area (Å²) in [5, 5.41) is 28.5. The van der Waals surface area contributed by atoms with Crippen LogP contribution in [0.2, 0.25) is 0 Å². The van der Waals surface area contributed by atoms with Crippen LogP contribution < -0.4 is 5.73 Å². The van der Waals surface area contributed by atoms with Crippen LogP contribution in [0.25, 0.3) is 0 Å². The minimum Gasteiger partial charge on any atom is -0.394 e. The molecule has 5 N–H and O–H groups in total. The van der Waals surface area contributed by atoms with E-state index in [2.05, 4.69) is 6.92 Å². The van der Waals surface area contributed by atoms with Crippen LogP contribution in [0.1, 0.15) is 56.6 Å². The summed E-state index contributed by atoms with van der Waals surface area (Å²) in [6.45, 7) is 1.76. The molecule has 1 unspecified atom stereocenters. The summed E-state index contributed by atoms with van der Waals surface area (Å²) >= 11 is 0. The van der Waals surface area contributed by atoms with Gasteiger partial charge in [-0.1, -0.05) is 56.9 Å². The summed E-state index contributed by atoms with van der Waals surface area (Å²) in [5.74, 6) is 0. The molecular formula is C19H33NO3. The molecule has 23 heavy (non-hydrogen) atoms. The third-order valence-corrected chi connectivity index (χ3v) is 4.43. The molecule has 4 heteroatoms. The first-order valence-electron chi connectivity index (χ1n) is 8.79. The van der Waals surface area contributed by atoms with E-state index in [0.29, 0.717) is 12.8 Å². The van der Waals surface area contributed by atoms with E-state index in [1.54, 1.807) is 0 Å². The number of aliphatic hydroxyl groups excluding tert-OH is 3. The normalized spacial score (nSPS) is 13.3. The number of aryl methyl sites for hydroxylation is 1. The maximum atomic E-state index is 10.1. The molecule has 0 aliphatic carbocycles. The molecule has 1 aromatic carbocycles. The van der Waals surface area contributed by atoms with Crippen LogP contribution >= 0.6 is 0 Å². The lowest BCUT2D eigenvalue weighted by Gasteiger charge is -2.24. The second kappa shape index (κ2) is 10.8. The number of hydrogen-bond donors (Lipinski definition) is 4. The summed E-state index contributed by atoms with van der Waals surface area (Å²) in [7, 11) is 0. The highest BCUT2D eigenvalue weighted by Crippen LogP contribution is 2.15. The zero-order valence-electron chi connectivity index (χ0n) is 14.4. The average Bonchev–Trinajstić information content (AvgIpc) is 2.58. The van der Waals surface area contributed by atoms with Gasteiger partial charge >= 0.3 is 0 Å². The Hall–Kier alpha value is -0.940. The van der Waals surface area contributed by atoms with Gasteiger partial charge in [-0.2, -0.15) is 0 Å². The molecular weight excluding hydrogens is 290 g/mol. The van der Waals surface area contributed by atoms with Crippen molar-refractivity contribution < 1.29 is 15.3 Å². The van der Waals surface area contributed by atoms with Crippen LogP contribution in [0.5, 0.6) is 0 Å². The lowest BCUT2D eigenvalue weighted by molar-refractivity contribution is 0.115. The van der Waals surface area contributed by atoms with E-state index in [-0.39, 0.29) is 19.3 Å². The predicted octanol–water partition coefficient (Wildman–Crippen LogP) is 2.18. The standard InChI is InChI=1S/C19H33NO3/c1-2-3-4-5-6-18(23)13-17-9-7-16(8-10-17)11-12-19(20,14-21)15-22/h7-10,18,21-23H,2-6,11-15,20H2,1H3. The Morgan fingerprint density at radius 3 is 2.17 bits per heavy atom. The van der Waals surface area contributed by atoms with Gasteiger partial charge < -0.3 is 21.1 Å². The summed E-state index contributed by atoms with van der Waals surface area (Å²) in [6, 6.07) is 8.16. The summed E-state index contributed by atoms with van der Waals surface area (Å²) in [6.07, 6.45) is 7.30. The molecule has 0 amide bonds. The van der Waals surface area contributed by atoms with Crippen molar-refractivity contribution in [2.45, 2.75) is 69.9 Å². The largest absolute Gasteiger partial charge is 0.394 e. The van der Waals surface area contributed by atoms with Crippen LogP contribution in [0.15, 0.2) is 24.3 Å². The van der Waals surface area contributed by atoms with Gasteiger partial charge in [-0.3, -0.25) is 0 Å². The molecule has 0 aliphatic heterocycles. The van der Waals surface area contributed by atoms with Gasteiger partial charge in [-0.25, -0.2) is 0 Å². The minimum atomic E-state index is -0.909. The van der Waals surface area contributed by atoms with Gasteiger partial charge in [-0.05, 0) is 36.8 Å². The van der Waals surface area contributed by atoms with Crippen molar-refractivity contribution in [3.05, 3.63) is 35.4 Å². The predicted molar refractivity (Wildman–Crippen MR) is 94.3 cm³/mol. The van der Waals surface area contributed by atoms with Crippen LogP contribution in [-0.4, -0.2) is 40.2 Å². The van der Waals surface area contributed by atoms with Gasteiger partial charge in [0.1, 0.15) is 0 Å². The smallest absolute Gasteiger partial charge is 0.0633 e. The van der Waals surface area contributed by atoms with Gasteiger partial charge in [0.2, 0.25) is 0 Å². The van der Waals surface area contributed by atoms with Crippen LogP contribution in [0, 0.1) is 0 Å². The van der Waals surface area contributed by atoms with E-state index >= 15 is 0 Å². The number of aliphatic hydroxyl groups is 3. The fourth-order valence-corrected chi connectivity index (χ4v) is 2.62. The third-order valence-electron chi connectivity index (χ3n) is 4.43. The van der Waals surface area contributed by atoms with E-state index in [1.807, 2.05) is 24.3 Å². The molecule has 0 heterocycles. The Kier molecular flexibility index (Phi) is 9.41. The van der Waals surface area contributed by atoms with Crippen LogP contribution in [-0.2, 0) is 12.8 Å². The first-order valence-corrected chi connectivity index (χ1v) is 8.79. The Labute approximate surface area is 140 Å². The van der Waals surface area contributed by atoms with Gasteiger partial charge in [0.15, 0.2) is 0 Å². The molecule has 1 rings (SSSR count). The van der Waals surface area contributed by atoms with E-state index in [9.17, 15) is 15.3 Å². The first-order chi connectivity index (χ1) is 11.0. The Morgan fingerprint density at radius 1 is 1.00 bits per heavy atom. The highest BCUT2D eigenvalue weighted by molar-refractivity contribution is 5.23. The van der Waals surface area contributed by atoms with E-state index < -0.39 is 5.54 Å². The molecule has 0 bridgehead atoms. The monoisotopic (exact) mass is 323 g/mol. The fourth-order valence-electron chi connectivity index (χ4n) is 2.62. The zero-order valence-corrected chi connectivity index (χ0v) is 14.4. The Balaban J connectivity index is 2.38. The third kappa shape index (κ3) is 7.93. The van der Waals surface area contributed by atoms with Crippen molar-refractivity contribution in [1.82, 2.24) is 0 Å². The summed E-state index contributed by atoms with van der Waals surface area (Å²) < 4.78 is 0. The van der Waals surface area contributed by atoms with E-state index in [1.165, 1.54) is 19.3 Å². The first kappa shape index (κ1) is 20.1. The van der Waals surface area contributed by atoms with Crippen molar-refractivity contribution in [3.63, 3.8) is 0 Å². The molecule has 0 spiro atoms. The average molecular weight is 323 g/mol. The lowest BCUT2D eigenvalue weighted by Crippen LogP contribution is -2.47. The molecule has 0 aromatic heterocycles. The second-order valence-corrected chi connectivity index (χ2v) is 6.70. The number of benzene rings is 1. The molecule has 0 saturated heterocycles. The molecule has 4 nitrogen and oxygen atoms in total. The number of unbranched alkanes of at least 4 members (excludes halogenated alkanes) is 3. The molecule has 0 saturated carbocycles.